The number of nitrogens with one attached hydrogen (secondary N) is 1. The first kappa shape index (κ1) is 28.5. The number of amides is 1. The molecule has 0 aromatic heterocycles. The smallest absolute Gasteiger partial charge is 0.233 e. The van der Waals surface area contributed by atoms with Gasteiger partial charge in [0.15, 0.2) is 24.0 Å². The van der Waals surface area contributed by atoms with Gasteiger partial charge < -0.3 is 30.5 Å². The van der Waals surface area contributed by atoms with Crippen LogP contribution >= 0.6 is 0 Å². The molecule has 6 aliphatic rings. The van der Waals surface area contributed by atoms with E-state index in [1.807, 2.05) is 0 Å². The number of methoxy groups -OCH3 is 1. The lowest BCUT2D eigenvalue weighted by molar-refractivity contribution is -0.140. The van der Waals surface area contributed by atoms with Gasteiger partial charge in [-0.05, 0) is 77.1 Å². The normalized spacial score (nSPS) is 36.0. The van der Waals surface area contributed by atoms with Crippen LogP contribution in [0, 0.1) is 35.0 Å². The molecule has 1 heterocycles. The summed E-state index contributed by atoms with van der Waals surface area (Å²) < 4.78 is 18.1. The number of primary amides is 1. The van der Waals surface area contributed by atoms with Crippen molar-refractivity contribution in [3.05, 3.63) is 34.1 Å². The van der Waals surface area contributed by atoms with E-state index < -0.39 is 41.0 Å². The van der Waals surface area contributed by atoms with Gasteiger partial charge in [-0.25, -0.2) is 0 Å². The van der Waals surface area contributed by atoms with Crippen molar-refractivity contribution in [1.82, 2.24) is 9.80 Å². The number of carbonyl (C=O) groups is 3. The molecular formula is C32H40N4O7. The van der Waals surface area contributed by atoms with Gasteiger partial charge in [0.25, 0.3) is 0 Å². The topological polar surface area (TPSA) is 155 Å². The van der Waals surface area contributed by atoms with Crippen LogP contribution in [0.1, 0.15) is 53.6 Å². The number of hydrogen-bond acceptors (Lipinski definition) is 10. The molecule has 7 rings (SSSR count). The number of aromatic hydroxyl groups is 1. The fraction of sp³-hybridized carbons (Fsp3) is 0.625. The lowest BCUT2D eigenvalue weighted by Crippen LogP contribution is -2.69. The van der Waals surface area contributed by atoms with Crippen molar-refractivity contribution in [1.29, 1.82) is 5.41 Å². The summed E-state index contributed by atoms with van der Waals surface area (Å²) in [5, 5.41) is 20.4. The molecular weight excluding hydrogens is 552 g/mol. The van der Waals surface area contributed by atoms with Crippen molar-refractivity contribution in [3.63, 3.8) is 0 Å². The number of phenolic OH excluding ortho intramolecular Hbond substituents is 1. The monoisotopic (exact) mass is 592 g/mol. The molecule has 1 aliphatic heterocycles. The Kier molecular flexibility index (Phi) is 6.54. The van der Waals surface area contributed by atoms with Crippen LogP contribution < -0.4 is 10.5 Å². The van der Waals surface area contributed by atoms with E-state index in [2.05, 4.69) is 11.9 Å². The van der Waals surface area contributed by atoms with Crippen molar-refractivity contribution >= 4 is 23.2 Å². The minimum atomic E-state index is -1.56. The number of likely N-dealkylation sites (N-methyl/N-ethyl adjacent to an activating group) is 1. The average molecular weight is 593 g/mol. The molecule has 3 saturated carbocycles. The first-order chi connectivity index (χ1) is 20.5. The van der Waals surface area contributed by atoms with Crippen LogP contribution in [-0.2, 0) is 32.0 Å². The van der Waals surface area contributed by atoms with Crippen LogP contribution in [0.3, 0.4) is 0 Å². The van der Waals surface area contributed by atoms with Crippen LogP contribution in [0.5, 0.6) is 11.5 Å². The molecule has 11 heteroatoms. The molecule has 4 fully saturated rings. The summed E-state index contributed by atoms with van der Waals surface area (Å²) >= 11 is 0. The molecule has 11 nitrogen and oxygen atoms in total. The molecule has 8 unspecified atom stereocenters. The standard InChI is InChI=1S/C32H40N4O7/c1-35(2)25-19-10-16-9-18-23(21(37)11-17(28(18)41-4)12-36(3)20-8-14-5-6-15(20)7-14)26(38)22(16)30-32(19,43-13-42-30)29(33)24(27(25)39)31(34)40/h11,14-16,19-20,24-25,33,37H,5-10,12-13H2,1-4H3,(H2,34,40). The van der Waals surface area contributed by atoms with E-state index in [-0.39, 0.29) is 35.5 Å². The number of ether oxygens (including phenoxy) is 3. The SMILES string of the molecule is COc1c(CN(C)C2CC3CCC2C3)cc(O)c2c1CC1CC3C(N(C)C)C(=O)C(C(N)=O)C(=N)C34OCOC4=C1C2=O. The summed E-state index contributed by atoms with van der Waals surface area (Å²) in [5.74, 6) is -2.06. The maximum absolute atomic E-state index is 14.3. The van der Waals surface area contributed by atoms with Crippen LogP contribution in [0.4, 0.5) is 0 Å². The minimum Gasteiger partial charge on any atom is -0.507 e. The van der Waals surface area contributed by atoms with Gasteiger partial charge in [0.2, 0.25) is 5.91 Å². The average Bonchev–Trinajstić information content (AvgIpc) is 3.69. The van der Waals surface area contributed by atoms with Crippen molar-refractivity contribution in [3.8, 4) is 11.5 Å². The quantitative estimate of drug-likeness (QED) is 0.421. The summed E-state index contributed by atoms with van der Waals surface area (Å²) in [7, 11) is 7.22. The Morgan fingerprint density at radius 3 is 2.60 bits per heavy atom. The fourth-order valence-corrected chi connectivity index (χ4v) is 9.63. The van der Waals surface area contributed by atoms with Crippen LogP contribution in [0.15, 0.2) is 17.4 Å². The largest absolute Gasteiger partial charge is 0.507 e. The fourth-order valence-electron chi connectivity index (χ4n) is 9.63. The van der Waals surface area contributed by atoms with E-state index in [0.717, 1.165) is 11.5 Å². The van der Waals surface area contributed by atoms with Crippen molar-refractivity contribution in [2.45, 2.75) is 62.8 Å². The molecule has 1 aromatic carbocycles. The zero-order valence-electron chi connectivity index (χ0n) is 25.1. The summed E-state index contributed by atoms with van der Waals surface area (Å²) in [6.07, 6.45) is 5.80. The Labute approximate surface area is 250 Å². The number of phenols is 1. The predicted octanol–water partition coefficient (Wildman–Crippen LogP) is 2.03. The Hall–Kier alpha value is -3.28. The molecule has 1 spiro atoms. The number of benzene rings is 1. The van der Waals surface area contributed by atoms with Gasteiger partial charge in [0, 0.05) is 35.2 Å². The number of nitrogens with two attached hydrogens (primary N) is 1. The van der Waals surface area contributed by atoms with Crippen molar-refractivity contribution in [2.24, 2.45) is 35.3 Å². The summed E-state index contributed by atoms with van der Waals surface area (Å²) in [4.78, 5) is 44.5. The lowest BCUT2D eigenvalue weighted by atomic mass is 9.56. The molecule has 0 radical (unpaired) electrons. The number of hydrogen-bond donors (Lipinski definition) is 3. The zero-order valence-corrected chi connectivity index (χ0v) is 25.1. The highest BCUT2D eigenvalue weighted by molar-refractivity contribution is 6.26. The lowest BCUT2D eigenvalue weighted by Gasteiger charge is -2.52. The number of carbonyl (C=O) groups excluding carboxylic acids is 3. The van der Waals surface area contributed by atoms with E-state index in [9.17, 15) is 19.5 Å². The Morgan fingerprint density at radius 1 is 1.21 bits per heavy atom. The van der Waals surface area contributed by atoms with E-state index >= 15 is 0 Å². The number of nitrogens with zero attached hydrogens (tertiary/aromatic N) is 2. The molecule has 1 saturated heterocycles. The Balaban J connectivity index is 1.32. The van der Waals surface area contributed by atoms with Gasteiger partial charge in [0.1, 0.15) is 23.2 Å². The molecule has 1 aromatic rings. The maximum atomic E-state index is 14.3. The highest BCUT2D eigenvalue weighted by Gasteiger charge is 2.68. The zero-order chi connectivity index (χ0) is 30.5. The molecule has 230 valence electrons. The van der Waals surface area contributed by atoms with Gasteiger partial charge in [-0.3, -0.25) is 24.2 Å². The van der Waals surface area contributed by atoms with E-state index in [0.29, 0.717) is 48.2 Å². The third-order valence-electron chi connectivity index (χ3n) is 11.3. The van der Waals surface area contributed by atoms with E-state index in [4.69, 9.17) is 25.4 Å². The van der Waals surface area contributed by atoms with Gasteiger partial charge in [-0.15, -0.1) is 0 Å². The van der Waals surface area contributed by atoms with E-state index in [1.54, 1.807) is 32.2 Å². The number of ketones is 2. The number of allylic oxidation sites excluding steroid dienone is 1. The second-order valence-electron chi connectivity index (χ2n) is 13.6. The molecule has 5 aliphatic carbocycles. The number of fused-ring (bicyclic) bond motifs is 4. The number of Topliss-reactive ketones (excluding diaryl/α,β-unsaturated/α-hetero) is 2. The predicted molar refractivity (Wildman–Crippen MR) is 155 cm³/mol. The highest BCUT2D eigenvalue weighted by atomic mass is 16.7. The second kappa shape index (κ2) is 9.87. The summed E-state index contributed by atoms with van der Waals surface area (Å²) in [5.41, 5.74) is 5.77. The highest BCUT2D eigenvalue weighted by Crippen LogP contribution is 2.57. The van der Waals surface area contributed by atoms with Crippen molar-refractivity contribution in [2.75, 3.05) is 35.0 Å². The van der Waals surface area contributed by atoms with Crippen LogP contribution in [0.25, 0.3) is 0 Å². The van der Waals surface area contributed by atoms with Gasteiger partial charge in [0.05, 0.1) is 24.4 Å². The molecule has 8 atom stereocenters. The first-order valence-corrected chi connectivity index (χ1v) is 15.3. The minimum absolute atomic E-state index is 0.117. The van der Waals surface area contributed by atoms with Gasteiger partial charge in [-0.2, -0.15) is 0 Å². The molecule has 43 heavy (non-hydrogen) atoms. The summed E-state index contributed by atoms with van der Waals surface area (Å²) in [6, 6.07) is 1.36. The Bertz CT molecular complexity index is 1490. The number of rotatable bonds is 6. The Morgan fingerprint density at radius 2 is 1.98 bits per heavy atom. The third-order valence-corrected chi connectivity index (χ3v) is 11.3. The maximum Gasteiger partial charge on any atom is 0.233 e. The summed E-state index contributed by atoms with van der Waals surface area (Å²) in [6.45, 7) is 0.365. The van der Waals surface area contributed by atoms with Crippen molar-refractivity contribution < 1.29 is 33.7 Å². The van der Waals surface area contributed by atoms with Gasteiger partial charge >= 0.3 is 0 Å². The van der Waals surface area contributed by atoms with E-state index in [1.165, 1.54) is 25.7 Å². The first-order valence-electron chi connectivity index (χ1n) is 15.3. The third kappa shape index (κ3) is 3.83. The van der Waals surface area contributed by atoms with Crippen LogP contribution in [0.2, 0.25) is 0 Å². The molecule has 2 bridgehead atoms. The van der Waals surface area contributed by atoms with Gasteiger partial charge in [-0.1, -0.05) is 6.42 Å². The molecule has 4 N–H and O–H groups in total. The molecule has 1 amide bonds. The second-order valence-corrected chi connectivity index (χ2v) is 13.6. The van der Waals surface area contributed by atoms with Crippen LogP contribution in [-0.4, -0.2) is 90.8 Å².